The van der Waals surface area contributed by atoms with Crippen LogP contribution in [0.4, 0.5) is 0 Å². The van der Waals surface area contributed by atoms with Gasteiger partial charge in [0.1, 0.15) is 0 Å². The van der Waals surface area contributed by atoms with Gasteiger partial charge in [-0.15, -0.1) is 5.10 Å². The second-order valence-electron chi connectivity index (χ2n) is 9.79. The van der Waals surface area contributed by atoms with E-state index in [0.717, 1.165) is 47.2 Å². The van der Waals surface area contributed by atoms with E-state index in [4.69, 9.17) is 0 Å². The lowest BCUT2D eigenvalue weighted by Gasteiger charge is -2.27. The van der Waals surface area contributed by atoms with Crippen molar-refractivity contribution in [2.24, 2.45) is 0 Å². The molecule has 0 fully saturated rings. The lowest BCUT2D eigenvalue weighted by Crippen LogP contribution is -2.33. The van der Waals surface area contributed by atoms with Crippen molar-refractivity contribution in [3.63, 3.8) is 0 Å². The highest BCUT2D eigenvalue weighted by Crippen LogP contribution is 2.21. The van der Waals surface area contributed by atoms with Gasteiger partial charge in [-0.2, -0.15) is 0 Å². The largest absolute Gasteiger partial charge is 0.321 e. The fraction of sp³-hybridized carbons (Fsp3) is 0.407. The molecular weight excluding hydrogens is 424 g/mol. The second kappa shape index (κ2) is 9.89. The number of fused-ring (bicyclic) bond motifs is 1. The van der Waals surface area contributed by atoms with Gasteiger partial charge in [0.2, 0.25) is 0 Å². The third-order valence-electron chi connectivity index (χ3n) is 6.66. The average Bonchev–Trinajstić information content (AvgIpc) is 3.28. The summed E-state index contributed by atoms with van der Waals surface area (Å²) in [7, 11) is 0. The Kier molecular flexibility index (Phi) is 6.93. The molecule has 0 saturated heterocycles. The molecule has 34 heavy (non-hydrogen) atoms. The van der Waals surface area contributed by atoms with Gasteiger partial charge in [-0.1, -0.05) is 48.9 Å². The molecule has 4 aromatic rings. The normalized spacial score (nSPS) is 12.1. The SMILES string of the molecule is CCC(C)(C)n1nnnc1CN(CCc1ccccc1)Cc1cc2cc(C)cc(C)c2[nH]c1=O. The number of rotatable bonds is 9. The third kappa shape index (κ3) is 5.25. The minimum absolute atomic E-state index is 0.0438. The lowest BCUT2D eigenvalue weighted by molar-refractivity contribution is 0.225. The number of H-pyrrole nitrogens is 1. The molecule has 7 heteroatoms. The minimum Gasteiger partial charge on any atom is -0.321 e. The van der Waals surface area contributed by atoms with Crippen LogP contribution in [0.3, 0.4) is 0 Å². The minimum atomic E-state index is -0.181. The highest BCUT2D eigenvalue weighted by molar-refractivity contribution is 5.82. The van der Waals surface area contributed by atoms with E-state index < -0.39 is 0 Å². The molecule has 2 aromatic heterocycles. The zero-order valence-electron chi connectivity index (χ0n) is 20.8. The number of hydrogen-bond donors (Lipinski definition) is 1. The molecule has 4 rings (SSSR count). The molecule has 0 aliphatic heterocycles. The number of aryl methyl sites for hydroxylation is 2. The maximum absolute atomic E-state index is 13.0. The van der Waals surface area contributed by atoms with Crippen molar-refractivity contribution < 1.29 is 0 Å². The number of nitrogens with zero attached hydrogens (tertiary/aromatic N) is 5. The van der Waals surface area contributed by atoms with Crippen LogP contribution in [0.2, 0.25) is 0 Å². The maximum Gasteiger partial charge on any atom is 0.252 e. The van der Waals surface area contributed by atoms with E-state index in [1.54, 1.807) is 0 Å². The summed E-state index contributed by atoms with van der Waals surface area (Å²) in [6.07, 6.45) is 1.79. The van der Waals surface area contributed by atoms with E-state index in [0.29, 0.717) is 13.1 Å². The van der Waals surface area contributed by atoms with Crippen LogP contribution in [0.25, 0.3) is 10.9 Å². The van der Waals surface area contributed by atoms with E-state index in [1.807, 2.05) is 23.7 Å². The molecule has 0 unspecified atom stereocenters. The van der Waals surface area contributed by atoms with Gasteiger partial charge >= 0.3 is 0 Å². The Morgan fingerprint density at radius 3 is 2.56 bits per heavy atom. The van der Waals surface area contributed by atoms with Crippen LogP contribution in [-0.2, 0) is 25.0 Å². The van der Waals surface area contributed by atoms with Crippen LogP contribution in [0.5, 0.6) is 0 Å². The standard InChI is InChI=1S/C27H34N6O/c1-6-27(4,5)33-24(29-30-31-33)18-32(13-12-21-10-8-7-9-11-21)17-23-16-22-15-19(2)14-20(3)25(22)28-26(23)34/h7-11,14-16H,6,12-13,17-18H2,1-5H3,(H,28,34). The van der Waals surface area contributed by atoms with Crippen LogP contribution in [0.15, 0.2) is 53.3 Å². The third-order valence-corrected chi connectivity index (χ3v) is 6.66. The molecule has 0 saturated carbocycles. The number of aromatic nitrogens is 5. The number of benzene rings is 2. The summed E-state index contributed by atoms with van der Waals surface area (Å²) in [4.78, 5) is 18.4. The van der Waals surface area contributed by atoms with Gasteiger partial charge in [0.15, 0.2) is 5.82 Å². The maximum atomic E-state index is 13.0. The van der Waals surface area contributed by atoms with E-state index in [1.165, 1.54) is 11.1 Å². The van der Waals surface area contributed by atoms with Crippen LogP contribution < -0.4 is 5.56 Å². The Hall–Kier alpha value is -3.32. The lowest BCUT2D eigenvalue weighted by atomic mass is 10.0. The molecular formula is C27H34N6O. The average molecular weight is 459 g/mol. The monoisotopic (exact) mass is 458 g/mol. The van der Waals surface area contributed by atoms with Crippen molar-refractivity contribution in [2.45, 2.75) is 66.1 Å². The predicted octanol–water partition coefficient (Wildman–Crippen LogP) is 4.52. The van der Waals surface area contributed by atoms with Crippen LogP contribution in [-0.4, -0.2) is 36.6 Å². The quantitative estimate of drug-likeness (QED) is 0.399. The van der Waals surface area contributed by atoms with Gasteiger partial charge in [0.25, 0.3) is 5.56 Å². The topological polar surface area (TPSA) is 79.7 Å². The first-order valence-corrected chi connectivity index (χ1v) is 11.9. The van der Waals surface area contributed by atoms with Crippen molar-refractivity contribution in [3.8, 4) is 0 Å². The Morgan fingerprint density at radius 2 is 1.82 bits per heavy atom. The summed E-state index contributed by atoms with van der Waals surface area (Å²) in [6, 6.07) is 16.7. The molecule has 0 amide bonds. The molecule has 178 valence electrons. The van der Waals surface area contributed by atoms with Gasteiger partial charge in [-0.05, 0) is 79.6 Å². The molecule has 2 heterocycles. The van der Waals surface area contributed by atoms with Gasteiger partial charge in [0, 0.05) is 18.7 Å². The Balaban J connectivity index is 1.65. The number of hydrogen-bond acceptors (Lipinski definition) is 5. The highest BCUT2D eigenvalue weighted by Gasteiger charge is 2.24. The fourth-order valence-corrected chi connectivity index (χ4v) is 4.36. The summed E-state index contributed by atoms with van der Waals surface area (Å²) in [6.45, 7) is 12.4. The molecule has 0 radical (unpaired) electrons. The summed E-state index contributed by atoms with van der Waals surface area (Å²) >= 11 is 0. The Bertz CT molecular complexity index is 1320. The molecule has 2 aromatic carbocycles. The molecule has 1 N–H and O–H groups in total. The van der Waals surface area contributed by atoms with Crippen molar-refractivity contribution in [1.29, 1.82) is 0 Å². The van der Waals surface area contributed by atoms with Crippen LogP contribution >= 0.6 is 0 Å². The van der Waals surface area contributed by atoms with Gasteiger partial charge in [-0.25, -0.2) is 4.68 Å². The number of tetrazole rings is 1. The predicted molar refractivity (Wildman–Crippen MR) is 136 cm³/mol. The molecule has 7 nitrogen and oxygen atoms in total. The highest BCUT2D eigenvalue weighted by atomic mass is 16.1. The first-order chi connectivity index (χ1) is 16.3. The summed E-state index contributed by atoms with van der Waals surface area (Å²) in [5.41, 5.74) is 4.96. The first-order valence-electron chi connectivity index (χ1n) is 11.9. The van der Waals surface area contributed by atoms with E-state index >= 15 is 0 Å². The molecule has 0 atom stereocenters. The van der Waals surface area contributed by atoms with E-state index in [9.17, 15) is 4.79 Å². The summed E-state index contributed by atoms with van der Waals surface area (Å²) in [5.74, 6) is 0.809. The van der Waals surface area contributed by atoms with Crippen LogP contribution in [0.1, 0.15) is 55.3 Å². The smallest absolute Gasteiger partial charge is 0.252 e. The number of aromatic amines is 1. The summed E-state index contributed by atoms with van der Waals surface area (Å²) in [5, 5.41) is 13.6. The van der Waals surface area contributed by atoms with Crippen LogP contribution in [0, 0.1) is 13.8 Å². The van der Waals surface area contributed by atoms with E-state index in [-0.39, 0.29) is 11.1 Å². The van der Waals surface area contributed by atoms with Crippen molar-refractivity contribution in [2.75, 3.05) is 6.54 Å². The molecule has 0 aliphatic carbocycles. The van der Waals surface area contributed by atoms with Gasteiger partial charge < -0.3 is 4.98 Å². The van der Waals surface area contributed by atoms with Crippen molar-refractivity contribution in [1.82, 2.24) is 30.1 Å². The molecule has 0 aliphatic rings. The fourth-order valence-electron chi connectivity index (χ4n) is 4.36. The summed E-state index contributed by atoms with van der Waals surface area (Å²) < 4.78 is 1.92. The molecule has 0 spiro atoms. The van der Waals surface area contributed by atoms with Crippen molar-refractivity contribution >= 4 is 10.9 Å². The van der Waals surface area contributed by atoms with Gasteiger partial charge in [-0.3, -0.25) is 9.69 Å². The number of nitrogens with one attached hydrogen (secondary N) is 1. The first kappa shape index (κ1) is 23.8. The van der Waals surface area contributed by atoms with Gasteiger partial charge in [0.05, 0.1) is 17.6 Å². The zero-order valence-corrected chi connectivity index (χ0v) is 20.8. The zero-order chi connectivity index (χ0) is 24.3. The van der Waals surface area contributed by atoms with Crippen molar-refractivity contribution in [3.05, 3.63) is 87.0 Å². The Labute approximate surface area is 200 Å². The molecule has 0 bridgehead atoms. The second-order valence-corrected chi connectivity index (χ2v) is 9.79. The Morgan fingerprint density at radius 1 is 1.06 bits per heavy atom. The van der Waals surface area contributed by atoms with E-state index in [2.05, 4.69) is 89.5 Å². The number of pyridine rings is 1.